The number of rotatable bonds is 5. The standard InChI is InChI=1S/C20H24N2O4S/c1-15-9-10-16(13-18(15)22-11-5-6-12-27(22,24)25)20(23)21-14-17-7-3-4-8-19(17)26-2/h3-4,7-10,13H,5-6,11-12,14H2,1-2H3,(H,21,23). The molecule has 1 amide bonds. The Morgan fingerprint density at radius 1 is 1.19 bits per heavy atom. The number of hydrogen-bond donors (Lipinski definition) is 1. The third-order valence-electron chi connectivity index (χ3n) is 4.72. The van der Waals surface area contributed by atoms with Crippen molar-refractivity contribution in [2.75, 3.05) is 23.7 Å². The normalized spacial score (nSPS) is 16.0. The van der Waals surface area contributed by atoms with Crippen molar-refractivity contribution in [1.82, 2.24) is 5.32 Å². The minimum atomic E-state index is -3.32. The van der Waals surface area contributed by atoms with Crippen LogP contribution in [0.1, 0.15) is 34.3 Å². The molecule has 1 aliphatic rings. The van der Waals surface area contributed by atoms with E-state index in [1.54, 1.807) is 25.3 Å². The van der Waals surface area contributed by atoms with Crippen LogP contribution in [0, 0.1) is 6.92 Å². The predicted molar refractivity (Wildman–Crippen MR) is 106 cm³/mol. The van der Waals surface area contributed by atoms with Crippen molar-refractivity contribution in [3.63, 3.8) is 0 Å². The van der Waals surface area contributed by atoms with E-state index in [4.69, 9.17) is 4.74 Å². The first-order valence-electron chi connectivity index (χ1n) is 8.93. The number of carbonyl (C=O) groups is 1. The van der Waals surface area contributed by atoms with Gasteiger partial charge in [-0.3, -0.25) is 9.10 Å². The Labute approximate surface area is 160 Å². The monoisotopic (exact) mass is 388 g/mol. The van der Waals surface area contributed by atoms with E-state index >= 15 is 0 Å². The van der Waals surface area contributed by atoms with E-state index in [0.29, 0.717) is 36.5 Å². The molecule has 0 atom stereocenters. The number of hydrogen-bond acceptors (Lipinski definition) is 4. The highest BCUT2D eigenvalue weighted by Crippen LogP contribution is 2.28. The van der Waals surface area contributed by atoms with Gasteiger partial charge in [-0.15, -0.1) is 0 Å². The molecule has 0 saturated carbocycles. The lowest BCUT2D eigenvalue weighted by Crippen LogP contribution is -2.38. The lowest BCUT2D eigenvalue weighted by Gasteiger charge is -2.29. The van der Waals surface area contributed by atoms with Crippen LogP contribution in [0.4, 0.5) is 5.69 Å². The molecule has 7 heteroatoms. The summed E-state index contributed by atoms with van der Waals surface area (Å²) in [6.45, 7) is 2.64. The van der Waals surface area contributed by atoms with Crippen LogP contribution in [0.3, 0.4) is 0 Å². The Kier molecular flexibility index (Phi) is 5.70. The third kappa shape index (κ3) is 4.24. The summed E-state index contributed by atoms with van der Waals surface area (Å²) in [6.07, 6.45) is 1.50. The molecular formula is C20H24N2O4S. The highest BCUT2D eigenvalue weighted by atomic mass is 32.2. The van der Waals surface area contributed by atoms with Gasteiger partial charge in [0.15, 0.2) is 0 Å². The number of sulfonamides is 1. The average Bonchev–Trinajstić information content (AvgIpc) is 2.66. The summed E-state index contributed by atoms with van der Waals surface area (Å²) in [5.41, 5.74) is 2.73. The van der Waals surface area contributed by atoms with E-state index in [9.17, 15) is 13.2 Å². The predicted octanol–water partition coefficient (Wildman–Crippen LogP) is 2.86. The second kappa shape index (κ2) is 8.00. The van der Waals surface area contributed by atoms with Crippen molar-refractivity contribution in [3.05, 3.63) is 59.2 Å². The number of methoxy groups -OCH3 is 1. The summed E-state index contributed by atoms with van der Waals surface area (Å²) in [5, 5.41) is 2.87. The number of ether oxygens (including phenoxy) is 1. The Balaban J connectivity index is 1.80. The molecule has 6 nitrogen and oxygen atoms in total. The molecule has 1 saturated heterocycles. The van der Waals surface area contributed by atoms with Gasteiger partial charge in [0, 0.05) is 24.2 Å². The number of nitrogens with zero attached hydrogens (tertiary/aromatic N) is 1. The molecule has 27 heavy (non-hydrogen) atoms. The van der Waals surface area contributed by atoms with Crippen LogP contribution in [-0.2, 0) is 16.6 Å². The highest BCUT2D eigenvalue weighted by Gasteiger charge is 2.27. The summed E-state index contributed by atoms with van der Waals surface area (Å²) in [4.78, 5) is 12.6. The lowest BCUT2D eigenvalue weighted by molar-refractivity contribution is 0.0950. The number of nitrogens with one attached hydrogen (secondary N) is 1. The van der Waals surface area contributed by atoms with Crippen LogP contribution >= 0.6 is 0 Å². The van der Waals surface area contributed by atoms with Crippen LogP contribution < -0.4 is 14.4 Å². The van der Waals surface area contributed by atoms with Crippen LogP contribution in [0.25, 0.3) is 0 Å². The quantitative estimate of drug-likeness (QED) is 0.855. The molecule has 0 aliphatic carbocycles. The van der Waals surface area contributed by atoms with Crippen molar-refractivity contribution < 1.29 is 17.9 Å². The number of para-hydroxylation sites is 1. The minimum absolute atomic E-state index is 0.149. The van der Waals surface area contributed by atoms with Crippen molar-refractivity contribution >= 4 is 21.6 Å². The molecule has 2 aromatic rings. The molecule has 0 bridgehead atoms. The van der Waals surface area contributed by atoms with Crippen LogP contribution in [0.15, 0.2) is 42.5 Å². The summed E-state index contributed by atoms with van der Waals surface area (Å²) >= 11 is 0. The Bertz CT molecular complexity index is 941. The molecule has 0 radical (unpaired) electrons. The number of aryl methyl sites for hydroxylation is 1. The third-order valence-corrected chi connectivity index (χ3v) is 6.58. The molecule has 0 spiro atoms. The maximum atomic E-state index is 12.6. The first kappa shape index (κ1) is 19.2. The molecule has 144 valence electrons. The average molecular weight is 388 g/mol. The van der Waals surface area contributed by atoms with E-state index < -0.39 is 10.0 Å². The molecule has 1 fully saturated rings. The minimum Gasteiger partial charge on any atom is -0.496 e. The maximum Gasteiger partial charge on any atom is 0.251 e. The summed E-state index contributed by atoms with van der Waals surface area (Å²) in [6, 6.07) is 12.7. The molecule has 1 aliphatic heterocycles. The van der Waals surface area contributed by atoms with E-state index in [-0.39, 0.29) is 11.7 Å². The fourth-order valence-corrected chi connectivity index (χ4v) is 4.90. The smallest absolute Gasteiger partial charge is 0.251 e. The molecule has 1 N–H and O–H groups in total. The van der Waals surface area contributed by atoms with Gasteiger partial charge < -0.3 is 10.1 Å². The number of benzene rings is 2. The Morgan fingerprint density at radius 2 is 1.96 bits per heavy atom. The first-order valence-corrected chi connectivity index (χ1v) is 10.5. The van der Waals surface area contributed by atoms with Gasteiger partial charge in [0.25, 0.3) is 5.91 Å². The lowest BCUT2D eigenvalue weighted by atomic mass is 10.1. The molecule has 2 aromatic carbocycles. The van der Waals surface area contributed by atoms with Gasteiger partial charge in [0.2, 0.25) is 10.0 Å². The molecule has 3 rings (SSSR count). The fraction of sp³-hybridized carbons (Fsp3) is 0.350. The van der Waals surface area contributed by atoms with Crippen molar-refractivity contribution in [2.45, 2.75) is 26.3 Å². The molecule has 0 aromatic heterocycles. The van der Waals surface area contributed by atoms with Gasteiger partial charge in [0.1, 0.15) is 5.75 Å². The van der Waals surface area contributed by atoms with Gasteiger partial charge in [-0.1, -0.05) is 24.3 Å². The van der Waals surface area contributed by atoms with Crippen molar-refractivity contribution in [1.29, 1.82) is 0 Å². The van der Waals surface area contributed by atoms with E-state index in [0.717, 1.165) is 17.5 Å². The van der Waals surface area contributed by atoms with Gasteiger partial charge in [-0.05, 0) is 43.5 Å². The van der Waals surface area contributed by atoms with Crippen molar-refractivity contribution in [3.8, 4) is 5.75 Å². The number of anilines is 1. The van der Waals surface area contributed by atoms with Gasteiger partial charge in [-0.2, -0.15) is 0 Å². The maximum absolute atomic E-state index is 12.6. The summed E-state index contributed by atoms with van der Waals surface area (Å²) in [7, 11) is -1.73. The van der Waals surface area contributed by atoms with Crippen LogP contribution in [0.5, 0.6) is 5.75 Å². The van der Waals surface area contributed by atoms with Gasteiger partial charge in [0.05, 0.1) is 18.6 Å². The first-order chi connectivity index (χ1) is 12.9. The Hall–Kier alpha value is -2.54. The SMILES string of the molecule is COc1ccccc1CNC(=O)c1ccc(C)c(N2CCCCS2(=O)=O)c1. The van der Waals surface area contributed by atoms with E-state index in [2.05, 4.69) is 5.32 Å². The van der Waals surface area contributed by atoms with Gasteiger partial charge in [-0.25, -0.2) is 8.42 Å². The molecular weight excluding hydrogens is 364 g/mol. The van der Waals surface area contributed by atoms with Crippen molar-refractivity contribution in [2.24, 2.45) is 0 Å². The Morgan fingerprint density at radius 3 is 2.70 bits per heavy atom. The largest absolute Gasteiger partial charge is 0.496 e. The summed E-state index contributed by atoms with van der Waals surface area (Å²) < 4.78 is 31.5. The highest BCUT2D eigenvalue weighted by molar-refractivity contribution is 7.92. The topological polar surface area (TPSA) is 75.7 Å². The zero-order chi connectivity index (χ0) is 19.4. The number of amides is 1. The van der Waals surface area contributed by atoms with Gasteiger partial charge >= 0.3 is 0 Å². The zero-order valence-electron chi connectivity index (χ0n) is 15.6. The number of carbonyl (C=O) groups excluding carboxylic acids is 1. The zero-order valence-corrected chi connectivity index (χ0v) is 16.4. The summed E-state index contributed by atoms with van der Waals surface area (Å²) in [5.74, 6) is 0.606. The molecule has 0 unspecified atom stereocenters. The van der Waals surface area contributed by atoms with E-state index in [1.807, 2.05) is 31.2 Å². The van der Waals surface area contributed by atoms with Crippen LogP contribution in [-0.4, -0.2) is 33.7 Å². The van der Waals surface area contributed by atoms with Crippen LogP contribution in [0.2, 0.25) is 0 Å². The molecule has 1 heterocycles. The second-order valence-corrected chi connectivity index (χ2v) is 8.60. The second-order valence-electron chi connectivity index (χ2n) is 6.59. The van der Waals surface area contributed by atoms with E-state index in [1.165, 1.54) is 4.31 Å². The fourth-order valence-electron chi connectivity index (χ4n) is 3.21.